The van der Waals surface area contributed by atoms with Crippen LogP contribution in [-0.2, 0) is 9.47 Å². The minimum absolute atomic E-state index is 0.166. The van der Waals surface area contributed by atoms with Gasteiger partial charge < -0.3 is 14.6 Å². The number of benzene rings is 1. The summed E-state index contributed by atoms with van der Waals surface area (Å²) in [7, 11) is 0. The maximum absolute atomic E-state index is 12.5. The summed E-state index contributed by atoms with van der Waals surface area (Å²) >= 11 is 0. The predicted octanol–water partition coefficient (Wildman–Crippen LogP) is 6.54. The molecule has 0 aliphatic carbocycles. The zero-order valence-electron chi connectivity index (χ0n) is 21.1. The third-order valence-electron chi connectivity index (χ3n) is 5.97. The van der Waals surface area contributed by atoms with Gasteiger partial charge in [-0.15, -0.1) is 0 Å². The fraction of sp³-hybridized carbons (Fsp3) is 0.630. The first-order valence-corrected chi connectivity index (χ1v) is 12.0. The van der Waals surface area contributed by atoms with Crippen molar-refractivity contribution in [3.05, 3.63) is 41.5 Å². The summed E-state index contributed by atoms with van der Waals surface area (Å²) in [5, 5.41) is 10.0. The molecule has 1 aromatic carbocycles. The Kier molecular flexibility index (Phi) is 9.27. The number of Topliss-reactive ketones (excluding diaryl/α,β-unsaturated/α-hetero) is 1. The van der Waals surface area contributed by atoms with Crippen molar-refractivity contribution in [3.63, 3.8) is 0 Å². The van der Waals surface area contributed by atoms with E-state index in [1.54, 1.807) is 0 Å². The summed E-state index contributed by atoms with van der Waals surface area (Å²) in [5.41, 5.74) is -0.0204. The Labute approximate surface area is 199 Å². The molecule has 6 nitrogen and oxygen atoms in total. The number of carboxylic acid groups (broad SMARTS) is 1. The lowest BCUT2D eigenvalue weighted by Crippen LogP contribution is -2.66. The normalized spacial score (nSPS) is 17.8. The number of carbonyl (C=O) groups excluding carboxylic acids is 1. The van der Waals surface area contributed by atoms with Gasteiger partial charge in [0.15, 0.2) is 11.6 Å². The fourth-order valence-corrected chi connectivity index (χ4v) is 4.19. The number of amides is 1. The zero-order chi connectivity index (χ0) is 24.7. The maximum atomic E-state index is 12.5. The molecule has 1 amide bonds. The summed E-state index contributed by atoms with van der Waals surface area (Å²) < 4.78 is 11.8. The number of rotatable bonds is 10. The molecule has 1 heterocycles. The van der Waals surface area contributed by atoms with E-state index >= 15 is 0 Å². The van der Waals surface area contributed by atoms with E-state index < -0.39 is 23.0 Å². The lowest BCUT2D eigenvalue weighted by molar-refractivity contribution is -0.279. The molecule has 1 aromatic rings. The molecule has 0 atom stereocenters. The van der Waals surface area contributed by atoms with Crippen molar-refractivity contribution in [3.8, 4) is 0 Å². The van der Waals surface area contributed by atoms with Crippen LogP contribution in [0.15, 0.2) is 30.3 Å². The first kappa shape index (κ1) is 27.1. The fourth-order valence-electron chi connectivity index (χ4n) is 4.19. The number of carbonyl (C=O) groups is 2. The van der Waals surface area contributed by atoms with Crippen molar-refractivity contribution < 1.29 is 24.2 Å². The van der Waals surface area contributed by atoms with Gasteiger partial charge in [-0.25, -0.2) is 4.79 Å². The van der Waals surface area contributed by atoms with Crippen LogP contribution >= 0.6 is 0 Å². The molecule has 0 unspecified atom stereocenters. The van der Waals surface area contributed by atoms with E-state index in [0.717, 1.165) is 18.4 Å². The molecule has 33 heavy (non-hydrogen) atoms. The van der Waals surface area contributed by atoms with Gasteiger partial charge in [-0.05, 0) is 46.6 Å². The Morgan fingerprint density at radius 3 is 2.12 bits per heavy atom. The van der Waals surface area contributed by atoms with Crippen molar-refractivity contribution in [2.75, 3.05) is 13.2 Å². The van der Waals surface area contributed by atoms with Gasteiger partial charge in [0, 0.05) is 17.5 Å². The van der Waals surface area contributed by atoms with E-state index in [0.29, 0.717) is 12.0 Å². The molecule has 6 heteroatoms. The number of unbranched alkanes of at least 4 members (excludes halogenated alkanes) is 4. The van der Waals surface area contributed by atoms with Crippen LogP contribution in [0.3, 0.4) is 0 Å². The zero-order valence-corrected chi connectivity index (χ0v) is 21.1. The van der Waals surface area contributed by atoms with Gasteiger partial charge in [0.05, 0.1) is 13.2 Å². The Morgan fingerprint density at radius 2 is 1.61 bits per heavy atom. The molecule has 1 aliphatic rings. The van der Waals surface area contributed by atoms with Crippen LogP contribution in [0.5, 0.6) is 0 Å². The molecule has 1 N–H and O–H groups in total. The van der Waals surface area contributed by atoms with Gasteiger partial charge in [-0.1, -0.05) is 69.0 Å². The molecule has 1 aliphatic heterocycles. The Bertz CT molecular complexity index is 810. The molecular formula is C27H41NO5. The SMILES string of the molecule is CCCCCCCC(=O)c1ccc(C=CC2(N(C(=O)O)C(C)(C)C)COC(C)(C)OC2)cc1. The minimum Gasteiger partial charge on any atom is -0.465 e. The van der Waals surface area contributed by atoms with Crippen LogP contribution in [0.2, 0.25) is 0 Å². The van der Waals surface area contributed by atoms with E-state index in [-0.39, 0.29) is 19.0 Å². The molecule has 0 saturated carbocycles. The summed E-state index contributed by atoms with van der Waals surface area (Å²) in [6, 6.07) is 7.48. The number of ketones is 1. The average molecular weight is 460 g/mol. The topological polar surface area (TPSA) is 76.1 Å². The summed E-state index contributed by atoms with van der Waals surface area (Å²) in [6.07, 6.45) is 8.90. The maximum Gasteiger partial charge on any atom is 0.408 e. The Balaban J connectivity index is 2.17. The lowest BCUT2D eigenvalue weighted by Gasteiger charge is -2.51. The molecule has 0 aromatic heterocycles. The van der Waals surface area contributed by atoms with Crippen molar-refractivity contribution in [1.29, 1.82) is 0 Å². The van der Waals surface area contributed by atoms with E-state index in [2.05, 4.69) is 6.92 Å². The molecule has 184 valence electrons. The molecule has 0 spiro atoms. The molecule has 0 bridgehead atoms. The monoisotopic (exact) mass is 459 g/mol. The number of hydrogen-bond acceptors (Lipinski definition) is 4. The Hall–Kier alpha value is -2.18. The van der Waals surface area contributed by atoms with Crippen molar-refractivity contribution >= 4 is 18.0 Å². The van der Waals surface area contributed by atoms with Gasteiger partial charge >= 0.3 is 6.09 Å². The lowest BCUT2D eigenvalue weighted by atomic mass is 9.90. The van der Waals surface area contributed by atoms with Gasteiger partial charge in [0.25, 0.3) is 0 Å². The highest BCUT2D eigenvalue weighted by atomic mass is 16.7. The summed E-state index contributed by atoms with van der Waals surface area (Å²) in [4.78, 5) is 26.1. The highest BCUT2D eigenvalue weighted by Crippen LogP contribution is 2.34. The smallest absolute Gasteiger partial charge is 0.408 e. The number of hydrogen-bond donors (Lipinski definition) is 1. The second kappa shape index (κ2) is 11.3. The highest BCUT2D eigenvalue weighted by molar-refractivity contribution is 5.96. The molecule has 1 fully saturated rings. The van der Waals surface area contributed by atoms with Crippen LogP contribution in [0, 0.1) is 0 Å². The van der Waals surface area contributed by atoms with E-state index in [1.165, 1.54) is 24.2 Å². The second-order valence-corrected chi connectivity index (χ2v) is 10.4. The van der Waals surface area contributed by atoms with E-state index in [1.807, 2.05) is 71.0 Å². The second-order valence-electron chi connectivity index (χ2n) is 10.4. The molecule has 0 radical (unpaired) electrons. The summed E-state index contributed by atoms with van der Waals surface area (Å²) in [5.74, 6) is -0.600. The molecule has 2 rings (SSSR count). The van der Waals surface area contributed by atoms with Crippen LogP contribution in [-0.4, -0.2) is 52.0 Å². The van der Waals surface area contributed by atoms with Crippen LogP contribution in [0.25, 0.3) is 6.08 Å². The van der Waals surface area contributed by atoms with E-state index in [9.17, 15) is 14.7 Å². The van der Waals surface area contributed by atoms with Crippen LogP contribution in [0.1, 0.15) is 96.0 Å². The summed E-state index contributed by atoms with van der Waals surface area (Å²) in [6.45, 7) is 11.8. The van der Waals surface area contributed by atoms with Crippen LogP contribution in [0.4, 0.5) is 4.79 Å². The molecular weight excluding hydrogens is 418 g/mol. The van der Waals surface area contributed by atoms with Crippen molar-refractivity contribution in [2.24, 2.45) is 0 Å². The van der Waals surface area contributed by atoms with Gasteiger partial charge in [-0.3, -0.25) is 9.69 Å². The van der Waals surface area contributed by atoms with Gasteiger partial charge in [-0.2, -0.15) is 0 Å². The van der Waals surface area contributed by atoms with Crippen molar-refractivity contribution in [2.45, 2.75) is 96.9 Å². The first-order valence-electron chi connectivity index (χ1n) is 12.0. The Morgan fingerprint density at radius 1 is 1.03 bits per heavy atom. The average Bonchev–Trinajstić information content (AvgIpc) is 2.73. The van der Waals surface area contributed by atoms with Gasteiger partial charge in [0.1, 0.15) is 5.54 Å². The largest absolute Gasteiger partial charge is 0.465 e. The molecule has 1 saturated heterocycles. The number of ether oxygens (including phenoxy) is 2. The third-order valence-corrected chi connectivity index (χ3v) is 5.97. The minimum atomic E-state index is -1.03. The van der Waals surface area contributed by atoms with Gasteiger partial charge in [0.2, 0.25) is 0 Å². The standard InChI is InChI=1S/C27H41NO5/c1-7-8-9-10-11-12-23(29)22-15-13-21(14-16-22)17-18-27(19-32-26(5,6)33-20-27)28(24(30)31)25(2,3)4/h13-18H,7-12,19-20H2,1-6H3,(H,30,31). The first-order chi connectivity index (χ1) is 15.4. The van der Waals surface area contributed by atoms with E-state index in [4.69, 9.17) is 9.47 Å². The predicted molar refractivity (Wildman–Crippen MR) is 132 cm³/mol. The van der Waals surface area contributed by atoms with Crippen LogP contribution < -0.4 is 0 Å². The quantitative estimate of drug-likeness (QED) is 0.317. The third kappa shape index (κ3) is 7.68. The van der Waals surface area contributed by atoms with Crippen molar-refractivity contribution in [1.82, 2.24) is 4.90 Å². The highest BCUT2D eigenvalue weighted by Gasteiger charge is 2.49. The number of nitrogens with zero attached hydrogens (tertiary/aromatic N) is 1.